The lowest BCUT2D eigenvalue weighted by Gasteiger charge is -2.20. The Morgan fingerprint density at radius 1 is 0.689 bits per heavy atom. The van der Waals surface area contributed by atoms with E-state index in [0.717, 1.165) is 29.6 Å². The third-order valence-electron chi connectivity index (χ3n) is 8.01. The molecule has 1 aliphatic rings. The Morgan fingerprint density at radius 2 is 1.10 bits per heavy atom. The maximum atomic E-state index is 14.2. The molecule has 16 N–H and O–H groups in total. The summed E-state index contributed by atoms with van der Waals surface area (Å²) in [5.41, 5.74) is 28.4. The van der Waals surface area contributed by atoms with Gasteiger partial charge in [0.1, 0.15) is 5.70 Å². The van der Waals surface area contributed by atoms with Crippen LogP contribution in [0.1, 0.15) is 43.7 Å². The lowest BCUT2D eigenvalue weighted by Crippen LogP contribution is -2.24. The number of allylic oxidation sites excluding steroid dienone is 1. The molecule has 2 aromatic rings. The van der Waals surface area contributed by atoms with E-state index in [0.29, 0.717) is 29.8 Å². The van der Waals surface area contributed by atoms with Crippen LogP contribution >= 0.6 is 23.5 Å². The highest BCUT2D eigenvalue weighted by Gasteiger charge is 2.35. The minimum atomic E-state index is -4.95. The van der Waals surface area contributed by atoms with E-state index in [1.54, 1.807) is 6.92 Å². The first-order chi connectivity index (χ1) is 28.7. The van der Waals surface area contributed by atoms with Crippen LogP contribution < -0.4 is 55.7 Å². The summed E-state index contributed by atoms with van der Waals surface area (Å²) in [6.45, 7) is 1.46. The quantitative estimate of drug-likeness (QED) is 0.0418. The minimum absolute atomic E-state index is 0.00179. The van der Waals surface area contributed by atoms with Crippen LogP contribution in [0.5, 0.6) is 0 Å². The summed E-state index contributed by atoms with van der Waals surface area (Å²) in [4.78, 5) is 65.0. The van der Waals surface area contributed by atoms with Gasteiger partial charge in [-0.3, -0.25) is 34.2 Å². The summed E-state index contributed by atoms with van der Waals surface area (Å²) < 4.78 is 85.1. The van der Waals surface area contributed by atoms with E-state index in [1.165, 1.54) is 6.21 Å². The van der Waals surface area contributed by atoms with Gasteiger partial charge in [0.05, 0.1) is 56.8 Å². The van der Waals surface area contributed by atoms with Gasteiger partial charge in [0.2, 0.25) is 11.8 Å². The molecule has 0 spiro atoms. The van der Waals surface area contributed by atoms with Crippen LogP contribution in [0.3, 0.4) is 0 Å². The van der Waals surface area contributed by atoms with E-state index in [9.17, 15) is 45.5 Å². The largest absolute Gasteiger partial charge is 0.416 e. The monoisotopic (exact) mass is 901 g/mol. The van der Waals surface area contributed by atoms with Gasteiger partial charge in [-0.25, -0.2) is 0 Å². The Balaban J connectivity index is 2.10. The molecule has 1 aliphatic heterocycles. The van der Waals surface area contributed by atoms with Crippen molar-refractivity contribution < 1.29 is 45.5 Å². The van der Waals surface area contributed by atoms with E-state index in [1.807, 2.05) is 0 Å². The first-order valence-electron chi connectivity index (χ1n) is 18.1. The van der Waals surface area contributed by atoms with Gasteiger partial charge in [-0.1, -0.05) is 12.5 Å². The molecule has 0 saturated heterocycles. The number of hydrogen-bond donors (Lipinski definition) is 10. The number of carbonyl (C=O) groups is 4. The molecule has 0 unspecified atom stereocenters. The average molecular weight is 902 g/mol. The molecule has 4 amide bonds. The Kier molecular flexibility index (Phi) is 18.5. The van der Waals surface area contributed by atoms with Crippen molar-refractivity contribution in [2.24, 2.45) is 49.4 Å². The zero-order valence-corrected chi connectivity index (χ0v) is 34.2. The number of nitrogens with zero attached hydrogens (tertiary/aromatic N) is 3. The van der Waals surface area contributed by atoms with E-state index in [4.69, 9.17) is 34.4 Å². The normalized spacial score (nSPS) is 12.8. The Labute approximate surface area is 354 Å². The van der Waals surface area contributed by atoms with Crippen LogP contribution in [0.2, 0.25) is 0 Å². The number of guanidine groups is 2. The second-order valence-corrected chi connectivity index (χ2v) is 14.8. The number of aliphatic imine (C=N–C) groups is 3. The number of rotatable bonds is 19. The number of hydrogen-bond acceptors (Lipinski definition) is 11. The topological polar surface area (TPSA) is 310 Å². The number of carbonyl (C=O) groups excluding carboxylic acids is 4. The summed E-state index contributed by atoms with van der Waals surface area (Å²) in [6.07, 6.45) is -7.96. The van der Waals surface area contributed by atoms with E-state index >= 15 is 0 Å². The van der Waals surface area contributed by atoms with Crippen molar-refractivity contribution >= 4 is 88.0 Å². The molecular formula is C36H45F6N13O4S2. The van der Waals surface area contributed by atoms with Crippen LogP contribution in [0, 0.1) is 0 Å². The van der Waals surface area contributed by atoms with Crippen molar-refractivity contribution in [2.75, 3.05) is 59.0 Å². The molecule has 0 aromatic heterocycles. The third kappa shape index (κ3) is 15.3. The number of thioether (sulfide) groups is 2. The molecule has 0 saturated carbocycles. The number of nitrogens with one attached hydrogen (secondary N) is 4. The van der Waals surface area contributed by atoms with Gasteiger partial charge in [-0.05, 0) is 36.8 Å². The maximum Gasteiger partial charge on any atom is 0.416 e. The van der Waals surface area contributed by atoms with Gasteiger partial charge in [-0.2, -0.15) is 26.3 Å². The van der Waals surface area contributed by atoms with Crippen molar-refractivity contribution in [3.8, 4) is 0 Å². The first-order valence-corrected chi connectivity index (χ1v) is 20.1. The lowest BCUT2D eigenvalue weighted by molar-refractivity contribution is -0.138. The summed E-state index contributed by atoms with van der Waals surface area (Å²) in [5, 5.41) is 9.70. The van der Waals surface area contributed by atoms with Gasteiger partial charge in [0, 0.05) is 55.6 Å². The molecule has 0 bridgehead atoms. The van der Waals surface area contributed by atoms with Crippen LogP contribution in [-0.4, -0.2) is 79.4 Å². The van der Waals surface area contributed by atoms with E-state index in [2.05, 4.69) is 36.2 Å². The lowest BCUT2D eigenvalue weighted by atomic mass is 10.0. The highest BCUT2D eigenvalue weighted by atomic mass is 32.2. The molecular weight excluding hydrogens is 857 g/mol. The molecule has 61 heavy (non-hydrogen) atoms. The number of alkyl halides is 6. The number of halogens is 6. The smallest absolute Gasteiger partial charge is 0.370 e. The van der Waals surface area contributed by atoms with Crippen molar-refractivity contribution in [3.05, 3.63) is 58.3 Å². The number of benzene rings is 2. The van der Waals surface area contributed by atoms with Crippen molar-refractivity contribution in [3.63, 3.8) is 0 Å². The molecule has 0 radical (unpaired) electrons. The minimum Gasteiger partial charge on any atom is -0.370 e. The molecule has 3 rings (SSSR count). The molecule has 17 nitrogen and oxygen atoms in total. The molecule has 0 atom stereocenters. The fraction of sp³-hybridized carbons (Fsp3) is 0.361. The predicted octanol–water partition coefficient (Wildman–Crippen LogP) is 3.67. The molecule has 0 aliphatic carbocycles. The summed E-state index contributed by atoms with van der Waals surface area (Å²) >= 11 is 1.88. The van der Waals surface area contributed by atoms with Crippen molar-refractivity contribution in [2.45, 2.75) is 54.8 Å². The maximum absolute atomic E-state index is 14.2. The van der Waals surface area contributed by atoms with Gasteiger partial charge in [-0.15, -0.1) is 23.5 Å². The number of amides is 4. The summed E-state index contributed by atoms with van der Waals surface area (Å²) in [6, 6.07) is 2.71. The van der Waals surface area contributed by atoms with Crippen molar-refractivity contribution in [1.29, 1.82) is 0 Å². The van der Waals surface area contributed by atoms with Crippen LogP contribution in [0.4, 0.5) is 49.1 Å². The van der Waals surface area contributed by atoms with Gasteiger partial charge in [0.15, 0.2) is 11.9 Å². The molecule has 0 fully saturated rings. The van der Waals surface area contributed by atoms with Gasteiger partial charge >= 0.3 is 12.4 Å². The summed E-state index contributed by atoms with van der Waals surface area (Å²) in [7, 11) is 0. The average Bonchev–Trinajstić information content (AvgIpc) is 3.39. The highest BCUT2D eigenvalue weighted by molar-refractivity contribution is 7.99. The van der Waals surface area contributed by atoms with Crippen LogP contribution in [-0.2, 0) is 31.5 Å². The fourth-order valence-corrected chi connectivity index (χ4v) is 6.99. The van der Waals surface area contributed by atoms with Gasteiger partial charge < -0.3 is 55.7 Å². The number of nitrogens with two attached hydrogens (primary N) is 6. The van der Waals surface area contributed by atoms with E-state index < -0.39 is 52.8 Å². The standard InChI is InChI=1S/C36H45F6N13O4S2/c1-2-18-3-8-49-26(32(59)55-25-16-20(36(40,41)42)14-23(30(25)61-12-7-44)53-28(57)5-10-51-34(47)48)17-21(18)31(58)54-24-15-19(35(37,38)39)13-22(29(24)60-11-6-43)52-27(56)4-9-50-33(45)46/h8,13-17H,2-7,9-12,43-44H2,1H3,(H,52,56)(H,53,57)(H,54,58)(H,55,59)(H4,45,46,50)(H4,47,48,51). The zero-order chi connectivity index (χ0) is 45.5. The van der Waals surface area contributed by atoms with Crippen LogP contribution in [0.25, 0.3) is 0 Å². The second kappa shape index (κ2) is 22.7. The number of anilines is 4. The molecule has 2 aromatic carbocycles. The van der Waals surface area contributed by atoms with Gasteiger partial charge in [0.25, 0.3) is 11.8 Å². The summed E-state index contributed by atoms with van der Waals surface area (Å²) in [5.74, 6) is -3.86. The molecule has 25 heteroatoms. The SMILES string of the molecule is CCC1=C(C(=O)Nc2cc(C(F)(F)F)cc(NC(=O)CCN=C(N)N)c2SCCN)C=C(C(=O)Nc2cc(C(F)(F)F)cc(NC(=O)CCN=C(N)N)c2SCCN)N=CC1. The van der Waals surface area contributed by atoms with Crippen molar-refractivity contribution in [1.82, 2.24) is 0 Å². The molecule has 1 heterocycles. The third-order valence-corrected chi connectivity index (χ3v) is 10.3. The highest BCUT2D eigenvalue weighted by Crippen LogP contribution is 2.43. The van der Waals surface area contributed by atoms with E-state index in [-0.39, 0.29) is 113 Å². The molecule has 332 valence electrons. The zero-order valence-electron chi connectivity index (χ0n) is 32.6. The Morgan fingerprint density at radius 3 is 1.48 bits per heavy atom. The Bertz CT molecular complexity index is 2120. The predicted molar refractivity (Wildman–Crippen MR) is 226 cm³/mol. The first kappa shape index (κ1) is 49.6. The fourth-order valence-electron chi connectivity index (χ4n) is 5.29. The Hall–Kier alpha value is -5.79. The second-order valence-electron chi connectivity index (χ2n) is 12.6. The van der Waals surface area contributed by atoms with Crippen LogP contribution in [0.15, 0.2) is 72.0 Å².